The lowest BCUT2D eigenvalue weighted by Gasteiger charge is -2.19. The molecule has 0 bridgehead atoms. The van der Waals surface area contributed by atoms with Crippen LogP contribution in [0.15, 0.2) is 24.3 Å². The maximum absolute atomic E-state index is 11.1. The minimum Gasteiger partial charge on any atom is -0.481 e. The molecule has 2 nitrogen and oxygen atoms in total. The first-order chi connectivity index (χ1) is 8.34. The van der Waals surface area contributed by atoms with Crippen LogP contribution in [0.4, 0.5) is 0 Å². The molecule has 1 N–H and O–H groups in total. The first kappa shape index (κ1) is 14.7. The molecule has 0 fully saturated rings. The van der Waals surface area contributed by atoms with E-state index >= 15 is 0 Å². The Kier molecular flexibility index (Phi) is 4.94. The van der Waals surface area contributed by atoms with Crippen LogP contribution in [0.25, 0.3) is 0 Å². The van der Waals surface area contributed by atoms with Crippen LogP contribution in [-0.4, -0.2) is 11.1 Å². The van der Waals surface area contributed by atoms with Crippen molar-refractivity contribution in [1.82, 2.24) is 0 Å². The van der Waals surface area contributed by atoms with E-state index in [0.717, 1.165) is 18.4 Å². The van der Waals surface area contributed by atoms with Gasteiger partial charge in [0.1, 0.15) is 0 Å². The molecule has 1 aromatic rings. The molecule has 0 aliphatic rings. The molecule has 2 heteroatoms. The van der Waals surface area contributed by atoms with Crippen molar-refractivity contribution in [2.24, 2.45) is 5.92 Å². The molecular formula is C16H24O2. The zero-order chi connectivity index (χ0) is 13.8. The van der Waals surface area contributed by atoms with E-state index < -0.39 is 5.97 Å². The van der Waals surface area contributed by atoms with Gasteiger partial charge in [-0.05, 0) is 29.4 Å². The number of hydrogen-bond acceptors (Lipinski definition) is 1. The number of rotatable bonds is 5. The van der Waals surface area contributed by atoms with Crippen molar-refractivity contribution in [3.63, 3.8) is 0 Å². The van der Waals surface area contributed by atoms with Gasteiger partial charge in [0.05, 0.1) is 5.92 Å². The Hall–Kier alpha value is -1.31. The van der Waals surface area contributed by atoms with Gasteiger partial charge in [0, 0.05) is 0 Å². The minimum absolute atomic E-state index is 0.147. The molecule has 0 aromatic heterocycles. The largest absolute Gasteiger partial charge is 0.481 e. The summed E-state index contributed by atoms with van der Waals surface area (Å²) in [6.45, 7) is 8.57. The zero-order valence-corrected chi connectivity index (χ0v) is 11.9. The quantitative estimate of drug-likeness (QED) is 0.854. The molecule has 1 unspecified atom stereocenters. The molecule has 100 valence electrons. The van der Waals surface area contributed by atoms with Gasteiger partial charge in [0.15, 0.2) is 0 Å². The Labute approximate surface area is 110 Å². The lowest BCUT2D eigenvalue weighted by molar-refractivity contribution is -0.141. The van der Waals surface area contributed by atoms with Crippen LogP contribution in [0.2, 0.25) is 0 Å². The van der Waals surface area contributed by atoms with E-state index in [4.69, 9.17) is 5.11 Å². The van der Waals surface area contributed by atoms with Gasteiger partial charge in [0.2, 0.25) is 0 Å². The Morgan fingerprint density at radius 3 is 2.17 bits per heavy atom. The number of aliphatic carboxylic acids is 1. The summed E-state index contributed by atoms with van der Waals surface area (Å²) in [5, 5.41) is 9.15. The van der Waals surface area contributed by atoms with Crippen molar-refractivity contribution in [2.75, 3.05) is 0 Å². The summed E-state index contributed by atoms with van der Waals surface area (Å²) in [5.74, 6) is -0.938. The Morgan fingerprint density at radius 2 is 1.78 bits per heavy atom. The van der Waals surface area contributed by atoms with Crippen LogP contribution in [0.5, 0.6) is 0 Å². The monoisotopic (exact) mass is 248 g/mol. The average Bonchev–Trinajstić information content (AvgIpc) is 2.28. The maximum Gasteiger partial charge on any atom is 0.306 e. The summed E-state index contributed by atoms with van der Waals surface area (Å²) < 4.78 is 0. The summed E-state index contributed by atoms with van der Waals surface area (Å²) in [6.07, 6.45) is 2.29. The molecule has 1 aromatic carbocycles. The molecular weight excluding hydrogens is 224 g/mol. The topological polar surface area (TPSA) is 37.3 Å². The molecule has 0 radical (unpaired) electrons. The highest BCUT2D eigenvalue weighted by Gasteiger charge is 2.18. The van der Waals surface area contributed by atoms with Gasteiger partial charge >= 0.3 is 5.97 Å². The van der Waals surface area contributed by atoms with Crippen LogP contribution < -0.4 is 0 Å². The highest BCUT2D eigenvalue weighted by molar-refractivity contribution is 5.70. The first-order valence-corrected chi connectivity index (χ1v) is 6.66. The Morgan fingerprint density at radius 1 is 1.22 bits per heavy atom. The van der Waals surface area contributed by atoms with Gasteiger partial charge in [-0.15, -0.1) is 0 Å². The van der Waals surface area contributed by atoms with E-state index in [-0.39, 0.29) is 11.3 Å². The minimum atomic E-state index is -0.684. The van der Waals surface area contributed by atoms with Crippen LogP contribution in [-0.2, 0) is 16.6 Å². The third-order valence-electron chi connectivity index (χ3n) is 3.29. The normalized spacial score (nSPS) is 13.3. The van der Waals surface area contributed by atoms with Crippen LogP contribution in [0, 0.1) is 5.92 Å². The van der Waals surface area contributed by atoms with Crippen molar-refractivity contribution in [3.05, 3.63) is 35.4 Å². The van der Waals surface area contributed by atoms with Crippen LogP contribution in [0.1, 0.15) is 51.7 Å². The number of carboxylic acid groups (broad SMARTS) is 1. The SMILES string of the molecule is CCCC(Cc1ccc(C(C)(C)C)cc1)C(=O)O. The predicted octanol–water partition coefficient (Wildman–Crippen LogP) is 4.03. The van der Waals surface area contributed by atoms with E-state index in [0.29, 0.717) is 6.42 Å². The first-order valence-electron chi connectivity index (χ1n) is 6.66. The van der Waals surface area contributed by atoms with Crippen molar-refractivity contribution in [1.29, 1.82) is 0 Å². The van der Waals surface area contributed by atoms with Gasteiger partial charge in [-0.2, -0.15) is 0 Å². The highest BCUT2D eigenvalue weighted by Crippen LogP contribution is 2.23. The molecule has 1 atom stereocenters. The van der Waals surface area contributed by atoms with E-state index in [1.807, 2.05) is 6.92 Å². The fourth-order valence-corrected chi connectivity index (χ4v) is 2.09. The van der Waals surface area contributed by atoms with Gasteiger partial charge in [-0.3, -0.25) is 4.79 Å². The lowest BCUT2D eigenvalue weighted by Crippen LogP contribution is -2.16. The van der Waals surface area contributed by atoms with E-state index in [1.165, 1.54) is 5.56 Å². The Balaban J connectivity index is 2.76. The number of carbonyl (C=O) groups is 1. The summed E-state index contributed by atoms with van der Waals surface area (Å²) in [5.41, 5.74) is 2.55. The van der Waals surface area contributed by atoms with Crippen LogP contribution >= 0.6 is 0 Å². The summed E-state index contributed by atoms with van der Waals surface area (Å²) >= 11 is 0. The summed E-state index contributed by atoms with van der Waals surface area (Å²) in [7, 11) is 0. The molecule has 1 rings (SSSR count). The lowest BCUT2D eigenvalue weighted by atomic mass is 9.86. The Bertz CT molecular complexity index is 385. The molecule has 0 saturated carbocycles. The molecule has 0 spiro atoms. The zero-order valence-electron chi connectivity index (χ0n) is 11.9. The molecule has 0 amide bonds. The second-order valence-corrected chi connectivity index (χ2v) is 5.97. The predicted molar refractivity (Wildman–Crippen MR) is 74.9 cm³/mol. The van der Waals surface area contributed by atoms with E-state index in [9.17, 15) is 4.79 Å². The van der Waals surface area contributed by atoms with Crippen LogP contribution in [0.3, 0.4) is 0 Å². The fourth-order valence-electron chi connectivity index (χ4n) is 2.09. The smallest absolute Gasteiger partial charge is 0.306 e. The van der Waals surface area contributed by atoms with Gasteiger partial charge in [0.25, 0.3) is 0 Å². The summed E-state index contributed by atoms with van der Waals surface area (Å²) in [6, 6.07) is 8.35. The highest BCUT2D eigenvalue weighted by atomic mass is 16.4. The molecule has 0 heterocycles. The fraction of sp³-hybridized carbons (Fsp3) is 0.562. The van der Waals surface area contributed by atoms with Crippen molar-refractivity contribution in [3.8, 4) is 0 Å². The van der Waals surface area contributed by atoms with E-state index in [2.05, 4.69) is 45.0 Å². The second kappa shape index (κ2) is 6.03. The van der Waals surface area contributed by atoms with Crippen molar-refractivity contribution < 1.29 is 9.90 Å². The van der Waals surface area contributed by atoms with Gasteiger partial charge in [-0.25, -0.2) is 0 Å². The van der Waals surface area contributed by atoms with Gasteiger partial charge in [-0.1, -0.05) is 58.4 Å². The molecule has 0 aliphatic carbocycles. The number of hydrogen-bond donors (Lipinski definition) is 1. The second-order valence-electron chi connectivity index (χ2n) is 5.97. The molecule has 18 heavy (non-hydrogen) atoms. The maximum atomic E-state index is 11.1. The number of carboxylic acids is 1. The van der Waals surface area contributed by atoms with E-state index in [1.54, 1.807) is 0 Å². The number of benzene rings is 1. The average molecular weight is 248 g/mol. The molecule has 0 aliphatic heterocycles. The molecule has 0 saturated heterocycles. The van der Waals surface area contributed by atoms with Crippen molar-refractivity contribution in [2.45, 2.75) is 52.4 Å². The third-order valence-corrected chi connectivity index (χ3v) is 3.29. The standard InChI is InChI=1S/C16H24O2/c1-5-6-13(15(17)18)11-12-7-9-14(10-8-12)16(2,3)4/h7-10,13H,5-6,11H2,1-4H3,(H,17,18). The van der Waals surface area contributed by atoms with Gasteiger partial charge < -0.3 is 5.11 Å². The summed E-state index contributed by atoms with van der Waals surface area (Å²) in [4.78, 5) is 11.1. The van der Waals surface area contributed by atoms with Crippen molar-refractivity contribution >= 4 is 5.97 Å². The third kappa shape index (κ3) is 4.17.